The van der Waals surface area contributed by atoms with Gasteiger partial charge in [0.2, 0.25) is 0 Å². The minimum atomic E-state index is 0.0480. The summed E-state index contributed by atoms with van der Waals surface area (Å²) in [5.41, 5.74) is 4.45. The van der Waals surface area contributed by atoms with Gasteiger partial charge in [-0.2, -0.15) is 0 Å². The molecule has 202 valence electrons. The van der Waals surface area contributed by atoms with Gasteiger partial charge >= 0.3 is 0 Å². The Labute approximate surface area is 232 Å². The van der Waals surface area contributed by atoms with Crippen LogP contribution in [0.2, 0.25) is 5.15 Å². The molecule has 2 aliphatic heterocycles. The molecule has 2 fully saturated rings. The molecule has 0 spiro atoms. The molecule has 0 aliphatic carbocycles. The molecule has 0 N–H and O–H groups in total. The first kappa shape index (κ1) is 26.9. The van der Waals surface area contributed by atoms with Crippen LogP contribution in [0.25, 0.3) is 22.6 Å². The van der Waals surface area contributed by atoms with E-state index in [0.29, 0.717) is 22.6 Å². The molecule has 7 heteroatoms. The van der Waals surface area contributed by atoms with E-state index in [1.807, 2.05) is 22.6 Å². The first-order chi connectivity index (χ1) is 18.5. The maximum absolute atomic E-state index is 14.0. The second-order valence-electron chi connectivity index (χ2n) is 10.8. The molecule has 6 nitrogen and oxygen atoms in total. The highest BCUT2D eigenvalue weighted by Crippen LogP contribution is 2.31. The van der Waals surface area contributed by atoms with Crippen LogP contribution in [0.4, 0.5) is 0 Å². The van der Waals surface area contributed by atoms with Gasteiger partial charge in [0, 0.05) is 43.5 Å². The number of amides is 1. The SMILES string of the molecule is CCCCCCc1cccc(-c2nc(-c3ccc(Cl)nc3)c(C(=O)N3CCC(N4CCCC4)CC3)n2C)c1. The average Bonchev–Trinajstić information content (AvgIpc) is 3.60. The Hall–Kier alpha value is -2.70. The van der Waals surface area contributed by atoms with E-state index in [1.165, 1.54) is 57.2 Å². The fourth-order valence-electron chi connectivity index (χ4n) is 6.03. The highest BCUT2D eigenvalue weighted by molar-refractivity contribution is 6.29. The topological polar surface area (TPSA) is 54.3 Å². The first-order valence-electron chi connectivity index (χ1n) is 14.4. The van der Waals surface area contributed by atoms with Crippen molar-refractivity contribution in [3.63, 3.8) is 0 Å². The van der Waals surface area contributed by atoms with E-state index in [1.54, 1.807) is 12.3 Å². The van der Waals surface area contributed by atoms with Crippen LogP contribution < -0.4 is 0 Å². The molecule has 3 aromatic rings. The lowest BCUT2D eigenvalue weighted by Gasteiger charge is -2.36. The van der Waals surface area contributed by atoms with Crippen molar-refractivity contribution in [2.75, 3.05) is 26.2 Å². The maximum atomic E-state index is 14.0. The molecule has 0 bridgehead atoms. The van der Waals surface area contributed by atoms with Crippen molar-refractivity contribution in [1.82, 2.24) is 24.3 Å². The van der Waals surface area contributed by atoms with Gasteiger partial charge in [-0.05, 0) is 75.4 Å². The molecular weight excluding hydrogens is 494 g/mol. The zero-order chi connectivity index (χ0) is 26.5. The molecule has 2 aliphatic rings. The normalized spacial score (nSPS) is 16.9. The number of halogens is 1. The molecule has 1 aromatic carbocycles. The third-order valence-corrected chi connectivity index (χ3v) is 8.44. The maximum Gasteiger partial charge on any atom is 0.272 e. The van der Waals surface area contributed by atoms with Gasteiger partial charge in [0.05, 0.1) is 0 Å². The van der Waals surface area contributed by atoms with Crippen LogP contribution in [-0.4, -0.2) is 62.5 Å². The predicted molar refractivity (Wildman–Crippen MR) is 154 cm³/mol. The Morgan fingerprint density at radius 3 is 2.50 bits per heavy atom. The van der Waals surface area contributed by atoms with Crippen molar-refractivity contribution in [1.29, 1.82) is 0 Å². The highest BCUT2D eigenvalue weighted by atomic mass is 35.5. The zero-order valence-corrected chi connectivity index (χ0v) is 23.6. The number of hydrogen-bond donors (Lipinski definition) is 0. The molecule has 0 saturated carbocycles. The number of pyridine rings is 1. The van der Waals surface area contributed by atoms with Gasteiger partial charge in [0.15, 0.2) is 0 Å². The van der Waals surface area contributed by atoms with Crippen molar-refractivity contribution >= 4 is 17.5 Å². The molecule has 0 radical (unpaired) electrons. The lowest BCUT2D eigenvalue weighted by Crippen LogP contribution is -2.46. The molecule has 0 unspecified atom stereocenters. The molecule has 4 heterocycles. The number of rotatable bonds is 9. The number of aromatic nitrogens is 3. The quantitative estimate of drug-likeness (QED) is 0.229. The predicted octanol–water partition coefficient (Wildman–Crippen LogP) is 6.63. The Morgan fingerprint density at radius 1 is 1.00 bits per heavy atom. The lowest BCUT2D eigenvalue weighted by atomic mass is 10.0. The Bertz CT molecular complexity index is 1220. The third-order valence-electron chi connectivity index (χ3n) is 8.21. The first-order valence-corrected chi connectivity index (χ1v) is 14.7. The number of piperidine rings is 1. The number of carbonyl (C=O) groups is 1. The van der Waals surface area contributed by atoms with Gasteiger partial charge < -0.3 is 14.4 Å². The number of hydrogen-bond acceptors (Lipinski definition) is 4. The van der Waals surface area contributed by atoms with Crippen LogP contribution >= 0.6 is 11.6 Å². The van der Waals surface area contributed by atoms with Crippen LogP contribution in [0.15, 0.2) is 42.6 Å². The van der Waals surface area contributed by atoms with Gasteiger partial charge in [-0.15, -0.1) is 0 Å². The van der Waals surface area contributed by atoms with E-state index >= 15 is 0 Å². The molecule has 0 atom stereocenters. The molecule has 2 saturated heterocycles. The van der Waals surface area contributed by atoms with Crippen molar-refractivity contribution in [3.05, 3.63) is 59.0 Å². The number of aryl methyl sites for hydroxylation is 1. The second-order valence-corrected chi connectivity index (χ2v) is 11.2. The smallest absolute Gasteiger partial charge is 0.272 e. The summed E-state index contributed by atoms with van der Waals surface area (Å²) in [5.74, 6) is 0.854. The number of nitrogens with zero attached hydrogens (tertiary/aromatic N) is 5. The zero-order valence-electron chi connectivity index (χ0n) is 22.8. The van der Waals surface area contributed by atoms with Crippen molar-refractivity contribution in [2.45, 2.75) is 70.8 Å². The van der Waals surface area contributed by atoms with Crippen LogP contribution in [0.3, 0.4) is 0 Å². The molecule has 1 amide bonds. The molecular formula is C31H40ClN5O. The van der Waals surface area contributed by atoms with E-state index < -0.39 is 0 Å². The van der Waals surface area contributed by atoms with E-state index in [2.05, 4.69) is 41.1 Å². The van der Waals surface area contributed by atoms with Crippen LogP contribution in [-0.2, 0) is 13.5 Å². The average molecular weight is 534 g/mol. The summed E-state index contributed by atoms with van der Waals surface area (Å²) in [7, 11) is 1.97. The van der Waals surface area contributed by atoms with Crippen molar-refractivity contribution in [2.24, 2.45) is 7.05 Å². The number of unbranched alkanes of at least 4 members (excludes halogenated alkanes) is 3. The lowest BCUT2D eigenvalue weighted by molar-refractivity contribution is 0.0636. The fourth-order valence-corrected chi connectivity index (χ4v) is 6.14. The van der Waals surface area contributed by atoms with E-state index in [9.17, 15) is 4.79 Å². The highest BCUT2D eigenvalue weighted by Gasteiger charge is 2.32. The third kappa shape index (κ3) is 5.97. The van der Waals surface area contributed by atoms with Crippen LogP contribution in [0, 0.1) is 0 Å². The summed E-state index contributed by atoms with van der Waals surface area (Å²) in [6.07, 6.45) is 12.4. The minimum Gasteiger partial charge on any atom is -0.337 e. The Kier molecular flexibility index (Phi) is 8.80. The summed E-state index contributed by atoms with van der Waals surface area (Å²) >= 11 is 6.09. The summed E-state index contributed by atoms with van der Waals surface area (Å²) in [6.45, 7) is 6.21. The molecule has 5 rings (SSSR count). The Balaban J connectivity index is 1.43. The monoisotopic (exact) mass is 533 g/mol. The van der Waals surface area contributed by atoms with Gasteiger partial charge in [0.25, 0.3) is 5.91 Å². The largest absolute Gasteiger partial charge is 0.337 e. The van der Waals surface area contributed by atoms with Gasteiger partial charge in [-0.25, -0.2) is 9.97 Å². The minimum absolute atomic E-state index is 0.0480. The number of imidazole rings is 1. The van der Waals surface area contributed by atoms with Gasteiger partial charge in [-0.3, -0.25) is 4.79 Å². The standard InChI is InChI=1S/C31H40ClN5O/c1-3-4-5-6-10-23-11-9-12-24(21-23)30-34-28(25-13-14-27(32)33-22-25)29(35(30)2)31(38)37-19-15-26(16-20-37)36-17-7-8-18-36/h9,11-14,21-22,26H,3-8,10,15-20H2,1-2H3. The van der Waals surface area contributed by atoms with Crippen LogP contribution in [0.1, 0.15) is 74.3 Å². The van der Waals surface area contributed by atoms with Crippen LogP contribution in [0.5, 0.6) is 0 Å². The van der Waals surface area contributed by atoms with Gasteiger partial charge in [-0.1, -0.05) is 56.0 Å². The van der Waals surface area contributed by atoms with Gasteiger partial charge in [0.1, 0.15) is 22.4 Å². The summed E-state index contributed by atoms with van der Waals surface area (Å²) in [5, 5.41) is 0.428. The second kappa shape index (κ2) is 12.4. The van der Waals surface area contributed by atoms with Crippen molar-refractivity contribution < 1.29 is 4.79 Å². The molecule has 38 heavy (non-hydrogen) atoms. The molecule has 2 aromatic heterocycles. The Morgan fingerprint density at radius 2 is 1.79 bits per heavy atom. The van der Waals surface area contributed by atoms with E-state index in [0.717, 1.165) is 49.3 Å². The van der Waals surface area contributed by atoms with Crippen molar-refractivity contribution in [3.8, 4) is 22.6 Å². The fraction of sp³-hybridized carbons (Fsp3) is 0.516. The van der Waals surface area contributed by atoms with E-state index in [4.69, 9.17) is 16.6 Å². The number of carbonyl (C=O) groups excluding carboxylic acids is 1. The summed E-state index contributed by atoms with van der Waals surface area (Å²) in [4.78, 5) is 28.0. The summed E-state index contributed by atoms with van der Waals surface area (Å²) in [6, 6.07) is 12.9. The number of likely N-dealkylation sites (tertiary alicyclic amines) is 2. The van der Waals surface area contributed by atoms with E-state index in [-0.39, 0.29) is 5.91 Å². The number of benzene rings is 1. The summed E-state index contributed by atoms with van der Waals surface area (Å²) < 4.78 is 1.98.